The molecule has 4 heteroatoms. The van der Waals surface area contributed by atoms with Crippen LogP contribution in [-0.4, -0.2) is 42.4 Å². The third kappa shape index (κ3) is 2.45. The summed E-state index contributed by atoms with van der Waals surface area (Å²) < 4.78 is 2.32. The monoisotopic (exact) mass is 210 g/mol. The number of rotatable bonds is 1. The summed E-state index contributed by atoms with van der Waals surface area (Å²) in [5.74, 6) is 0. The quantitative estimate of drug-likeness (QED) is 0.601. The second kappa shape index (κ2) is 3.81. The Hall–Kier alpha value is 0.750. The highest BCUT2D eigenvalue weighted by molar-refractivity contribution is 9.49. The molecule has 0 radical (unpaired) electrons. The topological polar surface area (TPSA) is 6.48 Å². The van der Waals surface area contributed by atoms with Gasteiger partial charge in [0, 0.05) is 51.4 Å². The van der Waals surface area contributed by atoms with E-state index in [4.69, 9.17) is 0 Å². The van der Waals surface area contributed by atoms with Gasteiger partial charge >= 0.3 is 0 Å². The van der Waals surface area contributed by atoms with Gasteiger partial charge in [0.25, 0.3) is 0 Å². The molecule has 0 atom stereocenters. The summed E-state index contributed by atoms with van der Waals surface area (Å²) in [6.07, 6.45) is 0. The summed E-state index contributed by atoms with van der Waals surface area (Å²) >= 11 is 3.35. The van der Waals surface area contributed by atoms with E-state index in [1.807, 2.05) is 0 Å². The molecule has 0 N–H and O–H groups in total. The molecule has 0 bridgehead atoms. The molecule has 0 saturated carbocycles. The Labute approximate surface area is 67.9 Å². The lowest BCUT2D eigenvalue weighted by molar-refractivity contribution is 0.235. The molecule has 2 nitrogen and oxygen atoms in total. The van der Waals surface area contributed by atoms with Crippen LogP contribution >= 0.6 is 25.2 Å². The van der Waals surface area contributed by atoms with E-state index in [1.54, 1.807) is 10.4 Å². The maximum absolute atomic E-state index is 3.35. The van der Waals surface area contributed by atoms with Gasteiger partial charge in [0.15, 0.2) is 0 Å². The zero-order valence-electron chi connectivity index (χ0n) is 5.51. The third-order valence-electron chi connectivity index (χ3n) is 1.56. The molecule has 0 unspecified atom stereocenters. The molecular formula is C5H11BrN2S. The molecule has 1 heterocycles. The molecule has 0 aliphatic carbocycles. The molecule has 1 saturated heterocycles. The van der Waals surface area contributed by atoms with Crippen LogP contribution in [0.5, 0.6) is 0 Å². The van der Waals surface area contributed by atoms with Crippen molar-refractivity contribution in [3.8, 4) is 0 Å². The van der Waals surface area contributed by atoms with E-state index >= 15 is 0 Å². The second-order valence-corrected chi connectivity index (χ2v) is 3.82. The van der Waals surface area contributed by atoms with Crippen LogP contribution in [0.15, 0.2) is 0 Å². The summed E-state index contributed by atoms with van der Waals surface area (Å²) in [6, 6.07) is 0. The van der Waals surface area contributed by atoms with Gasteiger partial charge < -0.3 is 4.90 Å². The van der Waals surface area contributed by atoms with E-state index < -0.39 is 0 Å². The Kier molecular flexibility index (Phi) is 3.32. The largest absolute Gasteiger partial charge is 0.304 e. The number of piperazine rings is 1. The Balaban J connectivity index is 2.18. The molecule has 0 amide bonds. The Morgan fingerprint density at radius 1 is 1.22 bits per heavy atom. The van der Waals surface area contributed by atoms with Crippen LogP contribution in [-0.2, 0) is 0 Å². The third-order valence-corrected chi connectivity index (χ3v) is 3.35. The maximum Gasteiger partial charge on any atom is 0.0226 e. The first kappa shape index (κ1) is 7.85. The molecule has 1 aliphatic heterocycles. The molecule has 0 aromatic heterocycles. The van der Waals surface area contributed by atoms with E-state index in [0.717, 1.165) is 0 Å². The smallest absolute Gasteiger partial charge is 0.0226 e. The van der Waals surface area contributed by atoms with E-state index in [1.165, 1.54) is 26.2 Å². The molecule has 1 fully saturated rings. The van der Waals surface area contributed by atoms with Crippen molar-refractivity contribution in [2.75, 3.05) is 33.2 Å². The van der Waals surface area contributed by atoms with Crippen molar-refractivity contribution in [1.82, 2.24) is 9.21 Å². The molecule has 54 valence electrons. The van der Waals surface area contributed by atoms with Crippen molar-refractivity contribution in [3.63, 3.8) is 0 Å². The van der Waals surface area contributed by atoms with Gasteiger partial charge in [-0.05, 0) is 7.05 Å². The molecule has 0 aromatic rings. The SMILES string of the molecule is CN1CCN(SBr)CC1. The summed E-state index contributed by atoms with van der Waals surface area (Å²) in [4.78, 5) is 2.35. The predicted octanol–water partition coefficient (Wildman–Crippen LogP) is 1.19. The van der Waals surface area contributed by atoms with Gasteiger partial charge in [0.05, 0.1) is 0 Å². The highest BCUT2D eigenvalue weighted by atomic mass is 79.9. The first-order chi connectivity index (χ1) is 4.33. The van der Waals surface area contributed by atoms with Crippen molar-refractivity contribution in [2.24, 2.45) is 0 Å². The number of nitrogens with zero attached hydrogens (tertiary/aromatic N) is 2. The summed E-state index contributed by atoms with van der Waals surface area (Å²) in [5, 5.41) is 0. The minimum absolute atomic E-state index is 1.17. The molecular weight excluding hydrogens is 200 g/mol. The van der Waals surface area contributed by atoms with E-state index in [-0.39, 0.29) is 0 Å². The maximum atomic E-state index is 3.35. The van der Waals surface area contributed by atoms with Gasteiger partial charge in [-0.25, -0.2) is 4.31 Å². The van der Waals surface area contributed by atoms with E-state index in [2.05, 4.69) is 31.1 Å². The van der Waals surface area contributed by atoms with Crippen molar-refractivity contribution in [3.05, 3.63) is 0 Å². The standard InChI is InChI=1S/C5H11BrN2S/c1-7-2-4-8(9-6)5-3-7/h2-5H2,1H3. The van der Waals surface area contributed by atoms with Crippen LogP contribution in [0.3, 0.4) is 0 Å². The van der Waals surface area contributed by atoms with Crippen molar-refractivity contribution >= 4 is 25.2 Å². The lowest BCUT2D eigenvalue weighted by atomic mass is 10.4. The summed E-state index contributed by atoms with van der Waals surface area (Å²) in [7, 11) is 3.83. The van der Waals surface area contributed by atoms with Gasteiger partial charge in [-0.1, -0.05) is 0 Å². The Morgan fingerprint density at radius 3 is 2.22 bits per heavy atom. The number of hydrogen-bond acceptors (Lipinski definition) is 3. The predicted molar refractivity (Wildman–Crippen MR) is 45.6 cm³/mol. The van der Waals surface area contributed by atoms with Crippen LogP contribution in [0.1, 0.15) is 0 Å². The van der Waals surface area contributed by atoms with Crippen LogP contribution in [0, 0.1) is 0 Å². The minimum Gasteiger partial charge on any atom is -0.304 e. The van der Waals surface area contributed by atoms with Gasteiger partial charge in [-0.3, -0.25) is 0 Å². The van der Waals surface area contributed by atoms with Crippen molar-refractivity contribution in [1.29, 1.82) is 0 Å². The van der Waals surface area contributed by atoms with E-state index in [9.17, 15) is 0 Å². The first-order valence-corrected chi connectivity index (χ1v) is 5.67. The van der Waals surface area contributed by atoms with Crippen molar-refractivity contribution < 1.29 is 0 Å². The van der Waals surface area contributed by atoms with Gasteiger partial charge in [0.2, 0.25) is 0 Å². The molecule has 1 rings (SSSR count). The zero-order chi connectivity index (χ0) is 6.69. The van der Waals surface area contributed by atoms with Crippen LogP contribution in [0.4, 0.5) is 0 Å². The van der Waals surface area contributed by atoms with Gasteiger partial charge in [-0.15, -0.1) is 0 Å². The highest BCUT2D eigenvalue weighted by Crippen LogP contribution is 2.18. The highest BCUT2D eigenvalue weighted by Gasteiger charge is 2.12. The van der Waals surface area contributed by atoms with Crippen molar-refractivity contribution in [2.45, 2.75) is 0 Å². The lowest BCUT2D eigenvalue weighted by Gasteiger charge is -2.29. The molecule has 9 heavy (non-hydrogen) atoms. The number of hydrogen-bond donors (Lipinski definition) is 0. The second-order valence-electron chi connectivity index (χ2n) is 2.30. The fourth-order valence-electron chi connectivity index (χ4n) is 0.857. The average Bonchev–Trinajstić information content (AvgIpc) is 1.90. The first-order valence-electron chi connectivity index (χ1n) is 3.05. The molecule has 1 aliphatic rings. The Morgan fingerprint density at radius 2 is 1.78 bits per heavy atom. The van der Waals surface area contributed by atoms with Gasteiger partial charge in [0.1, 0.15) is 0 Å². The van der Waals surface area contributed by atoms with E-state index in [0.29, 0.717) is 0 Å². The molecule has 0 spiro atoms. The summed E-state index contributed by atoms with van der Waals surface area (Å²) in [6.45, 7) is 4.73. The fourth-order valence-corrected chi connectivity index (χ4v) is 2.03. The normalized spacial score (nSPS) is 24.7. The van der Waals surface area contributed by atoms with Crippen LogP contribution in [0.25, 0.3) is 0 Å². The molecule has 0 aromatic carbocycles. The van der Waals surface area contributed by atoms with Gasteiger partial charge in [-0.2, -0.15) is 0 Å². The number of likely N-dealkylation sites (N-methyl/N-ethyl adjacent to an activating group) is 1. The Bertz CT molecular complexity index is 83.0. The minimum atomic E-state index is 1.17. The summed E-state index contributed by atoms with van der Waals surface area (Å²) in [5.41, 5.74) is 0. The fraction of sp³-hybridized carbons (Fsp3) is 1.00. The van der Waals surface area contributed by atoms with Crippen LogP contribution < -0.4 is 0 Å². The zero-order valence-corrected chi connectivity index (χ0v) is 7.91. The lowest BCUT2D eigenvalue weighted by Crippen LogP contribution is -2.40. The number of halogens is 1. The average molecular weight is 211 g/mol. The van der Waals surface area contributed by atoms with Crippen LogP contribution in [0.2, 0.25) is 0 Å².